The largest absolute Gasteiger partial charge is 0.508 e. The van der Waals surface area contributed by atoms with Crippen LogP contribution < -0.4 is 0 Å². The number of rotatable bonds is 1. The lowest BCUT2D eigenvalue weighted by atomic mass is 9.75. The second kappa shape index (κ2) is 4.93. The molecule has 0 spiro atoms. The maximum absolute atomic E-state index is 9.64. The molecule has 98 valence electrons. The zero-order valence-electron chi connectivity index (χ0n) is 11.2. The summed E-state index contributed by atoms with van der Waals surface area (Å²) in [6, 6.07) is 9.08. The number of phenolic OH excluding ortho intramolecular Hbond substituents is 1. The fourth-order valence-corrected chi connectivity index (χ4v) is 4.00. The molecule has 1 aromatic carbocycles. The van der Waals surface area contributed by atoms with Gasteiger partial charge in [-0.3, -0.25) is 4.90 Å². The van der Waals surface area contributed by atoms with Gasteiger partial charge in [-0.15, -0.1) is 0 Å². The van der Waals surface area contributed by atoms with Gasteiger partial charge in [-0.1, -0.05) is 25.0 Å². The summed E-state index contributed by atoms with van der Waals surface area (Å²) in [6.45, 7) is 0. The Balaban J connectivity index is 1.81. The second-order valence-corrected chi connectivity index (χ2v) is 5.97. The predicted octanol–water partition coefficient (Wildman–Crippen LogP) is 3.72. The van der Waals surface area contributed by atoms with Crippen molar-refractivity contribution in [1.82, 2.24) is 4.90 Å². The van der Waals surface area contributed by atoms with E-state index in [0.717, 1.165) is 12.0 Å². The molecule has 3 atom stereocenters. The first-order valence-electron chi connectivity index (χ1n) is 7.26. The zero-order valence-corrected chi connectivity index (χ0v) is 11.2. The number of benzene rings is 1. The van der Waals surface area contributed by atoms with E-state index in [1.165, 1.54) is 44.1 Å². The van der Waals surface area contributed by atoms with Crippen LogP contribution in [0.15, 0.2) is 24.3 Å². The van der Waals surface area contributed by atoms with Crippen LogP contribution in [0.4, 0.5) is 0 Å². The Morgan fingerprint density at radius 3 is 2.78 bits per heavy atom. The minimum absolute atomic E-state index is 0.395. The van der Waals surface area contributed by atoms with E-state index in [-0.39, 0.29) is 0 Å². The molecule has 1 saturated carbocycles. The Kier molecular flexibility index (Phi) is 3.29. The molecule has 0 unspecified atom stereocenters. The first kappa shape index (κ1) is 12.0. The maximum Gasteiger partial charge on any atom is 0.115 e. The van der Waals surface area contributed by atoms with Crippen molar-refractivity contribution < 1.29 is 5.11 Å². The van der Waals surface area contributed by atoms with E-state index in [4.69, 9.17) is 0 Å². The minimum Gasteiger partial charge on any atom is -0.508 e. The second-order valence-electron chi connectivity index (χ2n) is 5.97. The third-order valence-corrected chi connectivity index (χ3v) is 4.95. The quantitative estimate of drug-likeness (QED) is 0.815. The molecule has 1 saturated heterocycles. The fourth-order valence-electron chi connectivity index (χ4n) is 4.00. The van der Waals surface area contributed by atoms with E-state index in [0.29, 0.717) is 11.8 Å². The lowest BCUT2D eigenvalue weighted by molar-refractivity contribution is 0.0363. The van der Waals surface area contributed by atoms with Crippen LogP contribution in [-0.4, -0.2) is 23.1 Å². The van der Waals surface area contributed by atoms with Gasteiger partial charge in [0.25, 0.3) is 0 Å². The Bertz CT molecular complexity index is 417. The lowest BCUT2D eigenvalue weighted by Crippen LogP contribution is -2.46. The summed E-state index contributed by atoms with van der Waals surface area (Å²) in [5.74, 6) is 1.31. The number of likely N-dealkylation sites (tertiary alicyclic amines) is 1. The van der Waals surface area contributed by atoms with Gasteiger partial charge in [-0.2, -0.15) is 0 Å². The lowest BCUT2D eigenvalue weighted by Gasteiger charge is -2.47. The van der Waals surface area contributed by atoms with E-state index in [1.54, 1.807) is 6.07 Å². The van der Waals surface area contributed by atoms with Crippen molar-refractivity contribution in [2.45, 2.75) is 50.6 Å². The van der Waals surface area contributed by atoms with E-state index in [2.05, 4.69) is 18.0 Å². The highest BCUT2D eigenvalue weighted by Gasteiger charge is 2.36. The first-order chi connectivity index (χ1) is 8.75. The molecule has 0 radical (unpaired) electrons. The Labute approximate surface area is 110 Å². The standard InChI is InChI=1S/C16H23NO/c1-17-15-8-3-2-5-12(15)9-10-16(17)13-6-4-7-14(18)11-13/h4,6-7,11-12,15-16,18H,2-3,5,8-10H2,1H3/t12-,15-,16+/m1/s1. The van der Waals surface area contributed by atoms with Gasteiger partial charge in [-0.05, 0) is 56.3 Å². The molecular formula is C16H23NO. The molecule has 1 aromatic rings. The minimum atomic E-state index is 0.395. The van der Waals surface area contributed by atoms with E-state index < -0.39 is 0 Å². The summed E-state index contributed by atoms with van der Waals surface area (Å²) in [4.78, 5) is 2.57. The monoisotopic (exact) mass is 245 g/mol. The molecular weight excluding hydrogens is 222 g/mol. The molecule has 18 heavy (non-hydrogen) atoms. The topological polar surface area (TPSA) is 23.5 Å². The van der Waals surface area contributed by atoms with Gasteiger partial charge in [0, 0.05) is 12.1 Å². The van der Waals surface area contributed by atoms with Crippen molar-refractivity contribution in [3.05, 3.63) is 29.8 Å². The molecule has 1 aliphatic carbocycles. The smallest absolute Gasteiger partial charge is 0.115 e. The molecule has 0 bridgehead atoms. The Hall–Kier alpha value is -1.02. The molecule has 2 heteroatoms. The fraction of sp³-hybridized carbons (Fsp3) is 0.625. The van der Waals surface area contributed by atoms with Gasteiger partial charge in [0.05, 0.1) is 0 Å². The SMILES string of the molecule is CN1[C@@H]2CCCC[C@@H]2CC[C@H]1c1cccc(O)c1. The van der Waals surface area contributed by atoms with Crippen LogP contribution >= 0.6 is 0 Å². The average molecular weight is 245 g/mol. The van der Waals surface area contributed by atoms with Crippen LogP contribution in [0.3, 0.4) is 0 Å². The summed E-state index contributed by atoms with van der Waals surface area (Å²) in [6.07, 6.45) is 8.18. The Morgan fingerprint density at radius 1 is 1.11 bits per heavy atom. The summed E-state index contributed by atoms with van der Waals surface area (Å²) in [5, 5.41) is 9.64. The first-order valence-corrected chi connectivity index (χ1v) is 7.26. The van der Waals surface area contributed by atoms with E-state index in [1.807, 2.05) is 12.1 Å². The molecule has 1 heterocycles. The maximum atomic E-state index is 9.64. The summed E-state index contributed by atoms with van der Waals surface area (Å²) < 4.78 is 0. The third-order valence-electron chi connectivity index (χ3n) is 4.95. The number of aromatic hydroxyl groups is 1. The van der Waals surface area contributed by atoms with Crippen LogP contribution in [0.25, 0.3) is 0 Å². The van der Waals surface area contributed by atoms with Crippen molar-refractivity contribution in [1.29, 1.82) is 0 Å². The average Bonchev–Trinajstić information content (AvgIpc) is 2.39. The van der Waals surface area contributed by atoms with Gasteiger partial charge >= 0.3 is 0 Å². The number of hydrogen-bond acceptors (Lipinski definition) is 2. The Morgan fingerprint density at radius 2 is 1.94 bits per heavy atom. The molecule has 0 amide bonds. The molecule has 3 rings (SSSR count). The van der Waals surface area contributed by atoms with Crippen molar-refractivity contribution >= 4 is 0 Å². The van der Waals surface area contributed by atoms with Gasteiger partial charge in [-0.25, -0.2) is 0 Å². The zero-order chi connectivity index (χ0) is 12.5. The number of phenols is 1. The molecule has 1 N–H and O–H groups in total. The predicted molar refractivity (Wildman–Crippen MR) is 73.6 cm³/mol. The van der Waals surface area contributed by atoms with Gasteiger partial charge in [0.1, 0.15) is 5.75 Å². The highest BCUT2D eigenvalue weighted by molar-refractivity contribution is 5.29. The van der Waals surface area contributed by atoms with E-state index in [9.17, 15) is 5.11 Å². The normalized spacial score (nSPS) is 33.1. The van der Waals surface area contributed by atoms with E-state index >= 15 is 0 Å². The number of nitrogens with zero attached hydrogens (tertiary/aromatic N) is 1. The van der Waals surface area contributed by atoms with Gasteiger partial charge in [0.15, 0.2) is 0 Å². The number of fused-ring (bicyclic) bond motifs is 1. The molecule has 0 aromatic heterocycles. The van der Waals surface area contributed by atoms with Gasteiger partial charge in [0.2, 0.25) is 0 Å². The van der Waals surface area contributed by atoms with Crippen molar-refractivity contribution in [2.24, 2.45) is 5.92 Å². The van der Waals surface area contributed by atoms with Gasteiger partial charge < -0.3 is 5.11 Å². The molecule has 2 fully saturated rings. The molecule has 2 aliphatic rings. The summed E-state index contributed by atoms with van der Waals surface area (Å²) in [7, 11) is 2.27. The summed E-state index contributed by atoms with van der Waals surface area (Å²) >= 11 is 0. The number of hydrogen-bond donors (Lipinski definition) is 1. The number of piperidine rings is 1. The highest BCUT2D eigenvalue weighted by Crippen LogP contribution is 2.42. The van der Waals surface area contributed by atoms with Crippen molar-refractivity contribution in [2.75, 3.05) is 7.05 Å². The van der Waals surface area contributed by atoms with Crippen molar-refractivity contribution in [3.63, 3.8) is 0 Å². The third kappa shape index (κ3) is 2.14. The van der Waals surface area contributed by atoms with Crippen LogP contribution in [0, 0.1) is 5.92 Å². The summed E-state index contributed by atoms with van der Waals surface area (Å²) in [5.41, 5.74) is 1.28. The van der Waals surface area contributed by atoms with Crippen LogP contribution in [0.5, 0.6) is 5.75 Å². The molecule has 2 nitrogen and oxygen atoms in total. The molecule has 1 aliphatic heterocycles. The van der Waals surface area contributed by atoms with Crippen LogP contribution in [-0.2, 0) is 0 Å². The highest BCUT2D eigenvalue weighted by atomic mass is 16.3. The van der Waals surface area contributed by atoms with Crippen LogP contribution in [0.2, 0.25) is 0 Å². The van der Waals surface area contributed by atoms with Crippen molar-refractivity contribution in [3.8, 4) is 5.75 Å². The van der Waals surface area contributed by atoms with Crippen LogP contribution in [0.1, 0.15) is 50.1 Å².